The van der Waals surface area contributed by atoms with E-state index < -0.39 is 27.7 Å². The van der Waals surface area contributed by atoms with Crippen LogP contribution in [0.15, 0.2) is 47.4 Å². The first-order valence-electron chi connectivity index (χ1n) is 8.49. The lowest BCUT2D eigenvalue weighted by molar-refractivity contribution is -0.137. The number of hydrogen-bond donors (Lipinski definition) is 2. The summed E-state index contributed by atoms with van der Waals surface area (Å²) in [6.45, 7) is 3.34. The predicted octanol–water partition coefficient (Wildman–Crippen LogP) is 3.31. The molecule has 2 N–H and O–H groups in total. The molecule has 0 atom stereocenters. The van der Waals surface area contributed by atoms with Crippen molar-refractivity contribution in [2.75, 3.05) is 6.54 Å². The fraction of sp³-hybridized carbons (Fsp3) is 0.316. The minimum atomic E-state index is -4.45. The molecule has 0 bridgehead atoms. The third kappa shape index (κ3) is 6.07. The van der Waals surface area contributed by atoms with Crippen LogP contribution in [0.25, 0.3) is 0 Å². The molecule has 0 spiro atoms. The Morgan fingerprint density at radius 1 is 1.07 bits per heavy atom. The molecular formula is C19H21F3N2O3S. The number of sulfonamides is 1. The van der Waals surface area contributed by atoms with Gasteiger partial charge >= 0.3 is 6.18 Å². The molecule has 0 saturated carbocycles. The molecule has 0 aromatic heterocycles. The van der Waals surface area contributed by atoms with E-state index >= 15 is 0 Å². The number of aryl methyl sites for hydroxylation is 2. The summed E-state index contributed by atoms with van der Waals surface area (Å²) in [4.78, 5) is 12.0. The van der Waals surface area contributed by atoms with Gasteiger partial charge in [-0.3, -0.25) is 4.79 Å². The van der Waals surface area contributed by atoms with Crippen molar-refractivity contribution in [3.05, 3.63) is 64.7 Å². The Hall–Kier alpha value is -2.39. The van der Waals surface area contributed by atoms with Gasteiger partial charge in [0.1, 0.15) is 0 Å². The standard InChI is InChI=1S/C19H21F3N2O3S/c1-13-6-7-17(14(2)10-13)28(26,27)24-9-8-18(25)23-12-15-4-3-5-16(11-15)19(20,21)22/h3-7,10-11,24H,8-9,12H2,1-2H3,(H,23,25). The molecule has 28 heavy (non-hydrogen) atoms. The van der Waals surface area contributed by atoms with E-state index in [4.69, 9.17) is 0 Å². The Morgan fingerprint density at radius 2 is 1.79 bits per heavy atom. The zero-order chi connectivity index (χ0) is 20.9. The van der Waals surface area contributed by atoms with Crippen molar-refractivity contribution >= 4 is 15.9 Å². The predicted molar refractivity (Wildman–Crippen MR) is 99.0 cm³/mol. The zero-order valence-corrected chi connectivity index (χ0v) is 16.2. The van der Waals surface area contributed by atoms with Crippen molar-refractivity contribution < 1.29 is 26.4 Å². The molecular weight excluding hydrogens is 393 g/mol. The summed E-state index contributed by atoms with van der Waals surface area (Å²) in [6.07, 6.45) is -4.59. The molecule has 0 radical (unpaired) electrons. The van der Waals surface area contributed by atoms with Crippen LogP contribution in [0.4, 0.5) is 13.2 Å². The van der Waals surface area contributed by atoms with E-state index in [1.807, 2.05) is 6.92 Å². The highest BCUT2D eigenvalue weighted by atomic mass is 32.2. The molecule has 2 aromatic carbocycles. The Kier molecular flexibility index (Phi) is 6.84. The minimum Gasteiger partial charge on any atom is -0.352 e. The number of alkyl halides is 3. The third-order valence-corrected chi connectivity index (χ3v) is 5.63. The molecule has 2 rings (SSSR count). The van der Waals surface area contributed by atoms with E-state index in [1.54, 1.807) is 19.1 Å². The number of amides is 1. The first-order chi connectivity index (χ1) is 13.0. The van der Waals surface area contributed by atoms with E-state index in [2.05, 4.69) is 10.0 Å². The number of nitrogens with one attached hydrogen (secondary N) is 2. The summed E-state index contributed by atoms with van der Waals surface area (Å²) in [5.74, 6) is -0.472. The normalized spacial score (nSPS) is 12.0. The summed E-state index contributed by atoms with van der Waals surface area (Å²) < 4.78 is 65.0. The molecule has 152 valence electrons. The van der Waals surface area contributed by atoms with Gasteiger partial charge in [0.2, 0.25) is 15.9 Å². The van der Waals surface area contributed by atoms with E-state index in [9.17, 15) is 26.4 Å². The van der Waals surface area contributed by atoms with Gasteiger partial charge in [0.15, 0.2) is 0 Å². The van der Waals surface area contributed by atoms with Crippen LogP contribution in [0.3, 0.4) is 0 Å². The lowest BCUT2D eigenvalue weighted by Crippen LogP contribution is -2.31. The van der Waals surface area contributed by atoms with Gasteiger partial charge in [-0.2, -0.15) is 13.2 Å². The van der Waals surface area contributed by atoms with Crippen molar-refractivity contribution in [1.29, 1.82) is 0 Å². The van der Waals surface area contributed by atoms with E-state index in [-0.39, 0.29) is 24.4 Å². The van der Waals surface area contributed by atoms with Crippen LogP contribution >= 0.6 is 0 Å². The van der Waals surface area contributed by atoms with Crippen molar-refractivity contribution in [2.45, 2.75) is 37.9 Å². The molecule has 1 amide bonds. The zero-order valence-electron chi connectivity index (χ0n) is 15.4. The molecule has 0 aliphatic carbocycles. The number of carbonyl (C=O) groups is 1. The largest absolute Gasteiger partial charge is 0.416 e. The topological polar surface area (TPSA) is 75.3 Å². The van der Waals surface area contributed by atoms with Gasteiger partial charge in [-0.1, -0.05) is 29.8 Å². The van der Waals surface area contributed by atoms with Crippen molar-refractivity contribution in [3.8, 4) is 0 Å². The number of rotatable bonds is 7. The van der Waals surface area contributed by atoms with Crippen LogP contribution < -0.4 is 10.0 Å². The Morgan fingerprint density at radius 3 is 2.43 bits per heavy atom. The molecule has 0 fully saturated rings. The third-order valence-electron chi connectivity index (χ3n) is 4.01. The maximum Gasteiger partial charge on any atom is 0.416 e. The molecule has 0 heterocycles. The second-order valence-electron chi connectivity index (χ2n) is 6.39. The molecule has 9 heteroatoms. The number of halogens is 3. The highest BCUT2D eigenvalue weighted by Crippen LogP contribution is 2.29. The van der Waals surface area contributed by atoms with E-state index in [0.717, 1.165) is 17.7 Å². The number of hydrogen-bond acceptors (Lipinski definition) is 3. The molecule has 0 aliphatic heterocycles. The monoisotopic (exact) mass is 414 g/mol. The van der Waals surface area contributed by atoms with Gasteiger partial charge in [0.05, 0.1) is 10.5 Å². The average molecular weight is 414 g/mol. The molecule has 0 aliphatic rings. The van der Waals surface area contributed by atoms with E-state index in [1.165, 1.54) is 18.2 Å². The minimum absolute atomic E-state index is 0.0768. The summed E-state index contributed by atoms with van der Waals surface area (Å²) in [7, 11) is -3.75. The summed E-state index contributed by atoms with van der Waals surface area (Å²) in [5, 5.41) is 2.48. The quantitative estimate of drug-likeness (QED) is 0.730. The van der Waals surface area contributed by atoms with Gasteiger partial charge in [-0.15, -0.1) is 0 Å². The highest BCUT2D eigenvalue weighted by Gasteiger charge is 2.30. The van der Waals surface area contributed by atoms with Gasteiger partial charge in [0, 0.05) is 19.5 Å². The average Bonchev–Trinajstić information content (AvgIpc) is 2.59. The molecule has 0 saturated heterocycles. The lowest BCUT2D eigenvalue weighted by Gasteiger charge is -2.11. The second-order valence-corrected chi connectivity index (χ2v) is 8.13. The van der Waals surface area contributed by atoms with Crippen molar-refractivity contribution in [2.24, 2.45) is 0 Å². The fourth-order valence-electron chi connectivity index (χ4n) is 2.62. The second kappa shape index (κ2) is 8.74. The maximum absolute atomic E-state index is 12.7. The van der Waals surface area contributed by atoms with Crippen LogP contribution in [0.2, 0.25) is 0 Å². The van der Waals surface area contributed by atoms with Gasteiger partial charge in [-0.25, -0.2) is 13.1 Å². The molecule has 0 unspecified atom stereocenters. The number of carbonyl (C=O) groups excluding carboxylic acids is 1. The summed E-state index contributed by atoms with van der Waals surface area (Å²) in [5.41, 5.74) is 1.05. The van der Waals surface area contributed by atoms with Crippen LogP contribution in [0.5, 0.6) is 0 Å². The highest BCUT2D eigenvalue weighted by molar-refractivity contribution is 7.89. The maximum atomic E-state index is 12.7. The molecule has 5 nitrogen and oxygen atoms in total. The molecule has 2 aromatic rings. The fourth-order valence-corrected chi connectivity index (χ4v) is 3.88. The Bertz CT molecular complexity index is 957. The Labute approximate surface area is 162 Å². The van der Waals surface area contributed by atoms with Crippen LogP contribution in [-0.2, 0) is 27.5 Å². The van der Waals surface area contributed by atoms with E-state index in [0.29, 0.717) is 11.1 Å². The van der Waals surface area contributed by atoms with Gasteiger partial charge < -0.3 is 5.32 Å². The van der Waals surface area contributed by atoms with Crippen molar-refractivity contribution in [1.82, 2.24) is 10.0 Å². The van der Waals surface area contributed by atoms with Gasteiger partial charge in [-0.05, 0) is 43.2 Å². The van der Waals surface area contributed by atoms with Crippen LogP contribution in [0.1, 0.15) is 28.7 Å². The summed E-state index contributed by atoms with van der Waals surface area (Å²) in [6, 6.07) is 9.58. The first-order valence-corrected chi connectivity index (χ1v) is 9.97. The SMILES string of the molecule is Cc1ccc(S(=O)(=O)NCCC(=O)NCc2cccc(C(F)(F)F)c2)c(C)c1. The van der Waals surface area contributed by atoms with Crippen LogP contribution in [0, 0.1) is 13.8 Å². The summed E-state index contributed by atoms with van der Waals surface area (Å²) >= 11 is 0. The van der Waals surface area contributed by atoms with Crippen molar-refractivity contribution in [3.63, 3.8) is 0 Å². The van der Waals surface area contributed by atoms with Crippen LogP contribution in [-0.4, -0.2) is 20.9 Å². The first kappa shape index (κ1) is 21.9. The number of benzene rings is 2. The lowest BCUT2D eigenvalue weighted by atomic mass is 10.1. The Balaban J connectivity index is 1.86. The smallest absolute Gasteiger partial charge is 0.352 e. The van der Waals surface area contributed by atoms with Gasteiger partial charge in [0.25, 0.3) is 0 Å².